The average molecular weight is 371 g/mol. The van der Waals surface area contributed by atoms with Crippen molar-refractivity contribution in [1.82, 2.24) is 9.80 Å². The molecule has 4 heterocycles. The van der Waals surface area contributed by atoms with Crippen LogP contribution < -0.4 is 0 Å². The van der Waals surface area contributed by atoms with Gasteiger partial charge < -0.3 is 10.0 Å². The average Bonchev–Trinajstić information content (AvgIpc) is 3.14. The maximum absolute atomic E-state index is 12.0. The van der Waals surface area contributed by atoms with E-state index in [2.05, 4.69) is 32.3 Å². The molecule has 6 heteroatoms. The molecule has 1 aromatic heterocycles. The van der Waals surface area contributed by atoms with E-state index in [0.717, 1.165) is 49.1 Å². The second kappa shape index (κ2) is 4.96. The molecule has 5 rings (SSSR count). The van der Waals surface area contributed by atoms with E-state index in [1.54, 1.807) is 11.3 Å². The van der Waals surface area contributed by atoms with Crippen LogP contribution in [0.5, 0.6) is 0 Å². The molecule has 1 aliphatic carbocycles. The first-order valence-electron chi connectivity index (χ1n) is 7.59. The minimum Gasteiger partial charge on any atom is -0.465 e. The summed E-state index contributed by atoms with van der Waals surface area (Å²) in [5.41, 5.74) is 0.927. The molecular formula is C15H19BrN2O2S. The molecule has 3 aliphatic heterocycles. The van der Waals surface area contributed by atoms with Crippen molar-refractivity contribution in [2.75, 3.05) is 19.6 Å². The Labute approximate surface area is 136 Å². The molecule has 0 radical (unpaired) electrons. The number of hydrogen-bond donors (Lipinski definition) is 1. The first-order valence-corrected chi connectivity index (χ1v) is 9.26. The highest BCUT2D eigenvalue weighted by atomic mass is 79.9. The summed E-state index contributed by atoms with van der Waals surface area (Å²) in [6, 6.07) is 2.28. The summed E-state index contributed by atoms with van der Waals surface area (Å²) in [4.78, 5) is 16.3. The zero-order chi connectivity index (χ0) is 14.6. The van der Waals surface area contributed by atoms with Gasteiger partial charge in [-0.1, -0.05) is 0 Å². The van der Waals surface area contributed by atoms with E-state index in [0.29, 0.717) is 5.92 Å². The summed E-state index contributed by atoms with van der Waals surface area (Å²) in [6.07, 6.45) is 3.49. The Morgan fingerprint density at radius 2 is 2.14 bits per heavy atom. The number of carbonyl (C=O) groups is 1. The molecule has 0 spiro atoms. The Morgan fingerprint density at radius 1 is 1.43 bits per heavy atom. The van der Waals surface area contributed by atoms with E-state index in [1.807, 2.05) is 4.90 Å². The van der Waals surface area contributed by atoms with Crippen molar-refractivity contribution in [2.45, 2.75) is 37.3 Å². The Balaban J connectivity index is 1.67. The lowest BCUT2D eigenvalue weighted by Gasteiger charge is -2.50. The Hall–Kier alpha value is -0.590. The normalized spacial score (nSPS) is 32.9. The summed E-state index contributed by atoms with van der Waals surface area (Å²) >= 11 is 5.16. The minimum atomic E-state index is -0.742. The summed E-state index contributed by atoms with van der Waals surface area (Å²) < 4.78 is 1.09. The highest BCUT2D eigenvalue weighted by Gasteiger charge is 2.56. The van der Waals surface area contributed by atoms with Crippen LogP contribution in [-0.2, 0) is 5.54 Å². The van der Waals surface area contributed by atoms with Crippen molar-refractivity contribution in [3.8, 4) is 0 Å². The fourth-order valence-electron chi connectivity index (χ4n) is 4.21. The number of fused-ring (bicyclic) bond motifs is 3. The molecule has 4 fully saturated rings. The van der Waals surface area contributed by atoms with E-state index in [9.17, 15) is 9.90 Å². The summed E-state index contributed by atoms with van der Waals surface area (Å²) in [5.74, 6) is 0.547. The van der Waals surface area contributed by atoms with Crippen LogP contribution in [0.1, 0.15) is 31.2 Å². The van der Waals surface area contributed by atoms with Crippen LogP contribution in [0.15, 0.2) is 15.2 Å². The van der Waals surface area contributed by atoms with Gasteiger partial charge in [0, 0.05) is 6.54 Å². The molecule has 1 aromatic rings. The van der Waals surface area contributed by atoms with Gasteiger partial charge in [-0.25, -0.2) is 4.79 Å². The van der Waals surface area contributed by atoms with Gasteiger partial charge in [-0.2, -0.15) is 0 Å². The quantitative estimate of drug-likeness (QED) is 0.884. The van der Waals surface area contributed by atoms with Gasteiger partial charge >= 0.3 is 6.09 Å². The highest BCUT2D eigenvalue weighted by Crippen LogP contribution is 2.54. The molecular weight excluding hydrogens is 352 g/mol. The molecule has 4 aliphatic rings. The lowest BCUT2D eigenvalue weighted by molar-refractivity contribution is -0.0130. The number of nitrogens with zero attached hydrogens (tertiary/aromatic N) is 2. The van der Waals surface area contributed by atoms with Gasteiger partial charge in [-0.3, -0.25) is 4.90 Å². The number of piperidine rings is 3. The van der Waals surface area contributed by atoms with Gasteiger partial charge in [0.15, 0.2) is 0 Å². The first kappa shape index (κ1) is 14.0. The zero-order valence-corrected chi connectivity index (χ0v) is 14.2. The summed E-state index contributed by atoms with van der Waals surface area (Å²) in [6.45, 7) is 3.21. The van der Waals surface area contributed by atoms with Crippen LogP contribution in [0.4, 0.5) is 4.79 Å². The molecule has 1 amide bonds. The van der Waals surface area contributed by atoms with Crippen LogP contribution in [-0.4, -0.2) is 46.7 Å². The maximum atomic E-state index is 12.0. The van der Waals surface area contributed by atoms with Gasteiger partial charge in [0.25, 0.3) is 0 Å². The van der Waals surface area contributed by atoms with Crippen molar-refractivity contribution in [3.63, 3.8) is 0 Å². The SMILES string of the molecule is O=C(O)N(C1CN2CCC1CC2)C1(c2csc(Br)c2)CC1. The Morgan fingerprint density at radius 3 is 2.57 bits per heavy atom. The molecule has 1 N–H and O–H groups in total. The van der Waals surface area contributed by atoms with Gasteiger partial charge in [0.2, 0.25) is 0 Å². The number of amides is 1. The van der Waals surface area contributed by atoms with Crippen LogP contribution in [0.2, 0.25) is 0 Å². The number of halogens is 1. The molecule has 1 unspecified atom stereocenters. The van der Waals surface area contributed by atoms with Crippen molar-refractivity contribution >= 4 is 33.4 Å². The van der Waals surface area contributed by atoms with E-state index in [-0.39, 0.29) is 11.6 Å². The second-order valence-corrected chi connectivity index (χ2v) is 8.82. The summed E-state index contributed by atoms with van der Waals surface area (Å²) in [7, 11) is 0. The molecule has 21 heavy (non-hydrogen) atoms. The van der Waals surface area contributed by atoms with E-state index in [4.69, 9.17) is 0 Å². The van der Waals surface area contributed by atoms with Gasteiger partial charge in [-0.05, 0) is 77.6 Å². The molecule has 1 atom stereocenters. The molecule has 0 aromatic carbocycles. The highest BCUT2D eigenvalue weighted by molar-refractivity contribution is 9.11. The molecule has 3 saturated heterocycles. The summed E-state index contributed by atoms with van der Waals surface area (Å²) in [5, 5.41) is 12.0. The molecule has 1 saturated carbocycles. The van der Waals surface area contributed by atoms with Crippen molar-refractivity contribution in [1.29, 1.82) is 0 Å². The van der Waals surface area contributed by atoms with Gasteiger partial charge in [0.05, 0.1) is 15.4 Å². The van der Waals surface area contributed by atoms with Crippen molar-refractivity contribution in [2.24, 2.45) is 5.92 Å². The van der Waals surface area contributed by atoms with E-state index in [1.165, 1.54) is 5.56 Å². The molecule has 4 nitrogen and oxygen atoms in total. The smallest absolute Gasteiger partial charge is 0.408 e. The van der Waals surface area contributed by atoms with Crippen molar-refractivity contribution in [3.05, 3.63) is 20.8 Å². The third-order valence-corrected chi connectivity index (χ3v) is 6.95. The van der Waals surface area contributed by atoms with Gasteiger partial charge in [0.1, 0.15) is 0 Å². The van der Waals surface area contributed by atoms with Crippen LogP contribution in [0.3, 0.4) is 0 Å². The number of rotatable bonds is 3. The standard InChI is InChI=1S/C15H19BrN2O2S/c16-13-7-11(9-21-13)15(3-4-15)18(14(19)20)12-8-17-5-1-10(12)2-6-17/h7,9-10,12H,1-6,8H2,(H,19,20). The Bertz CT molecular complexity index is 564. The van der Waals surface area contributed by atoms with Crippen LogP contribution in [0, 0.1) is 5.92 Å². The Kier molecular flexibility index (Phi) is 3.32. The third kappa shape index (κ3) is 2.23. The second-order valence-electron chi connectivity index (χ2n) is 6.53. The maximum Gasteiger partial charge on any atom is 0.408 e. The largest absolute Gasteiger partial charge is 0.465 e. The minimum absolute atomic E-state index is 0.172. The number of carboxylic acid groups (broad SMARTS) is 1. The molecule has 114 valence electrons. The molecule has 2 bridgehead atoms. The van der Waals surface area contributed by atoms with Gasteiger partial charge in [-0.15, -0.1) is 11.3 Å². The van der Waals surface area contributed by atoms with Crippen LogP contribution >= 0.6 is 27.3 Å². The zero-order valence-electron chi connectivity index (χ0n) is 11.8. The first-order chi connectivity index (χ1) is 10.1. The topological polar surface area (TPSA) is 43.8 Å². The van der Waals surface area contributed by atoms with Crippen molar-refractivity contribution < 1.29 is 9.90 Å². The van der Waals surface area contributed by atoms with E-state index < -0.39 is 6.09 Å². The monoisotopic (exact) mass is 370 g/mol. The van der Waals surface area contributed by atoms with Crippen LogP contribution in [0.25, 0.3) is 0 Å². The lowest BCUT2D eigenvalue weighted by Crippen LogP contribution is -2.61. The predicted molar refractivity (Wildman–Crippen MR) is 85.7 cm³/mol. The van der Waals surface area contributed by atoms with E-state index >= 15 is 0 Å². The number of thiophene rings is 1. The lowest BCUT2D eigenvalue weighted by atomic mass is 9.82. The fourth-order valence-corrected chi connectivity index (χ4v) is 5.46. The predicted octanol–water partition coefficient (Wildman–Crippen LogP) is 3.57. The fraction of sp³-hybridized carbons (Fsp3) is 0.667. The number of hydrogen-bond acceptors (Lipinski definition) is 3. The third-order valence-electron chi connectivity index (χ3n) is 5.45.